The van der Waals surface area contributed by atoms with E-state index in [2.05, 4.69) is 20.3 Å². The van der Waals surface area contributed by atoms with Gasteiger partial charge in [0, 0.05) is 32.1 Å². The van der Waals surface area contributed by atoms with Crippen molar-refractivity contribution >= 4 is 5.97 Å². The number of carbonyl (C=O) groups excluding carboxylic acids is 1. The van der Waals surface area contributed by atoms with Gasteiger partial charge >= 0.3 is 5.97 Å². The highest BCUT2D eigenvalue weighted by Crippen LogP contribution is 2.01. The van der Waals surface area contributed by atoms with Crippen LogP contribution in [0.4, 0.5) is 0 Å². The Morgan fingerprint density at radius 2 is 2.39 bits per heavy atom. The Labute approximate surface area is 107 Å². The molecular formula is C12H20N4O2. The van der Waals surface area contributed by atoms with Gasteiger partial charge in [0.2, 0.25) is 0 Å². The van der Waals surface area contributed by atoms with Crippen molar-refractivity contribution in [2.24, 2.45) is 7.05 Å². The average Bonchev–Trinajstić information content (AvgIpc) is 2.78. The molecule has 1 heterocycles. The smallest absolute Gasteiger partial charge is 0.333 e. The summed E-state index contributed by atoms with van der Waals surface area (Å²) in [5.41, 5.74) is 0.698. The number of methoxy groups -OCH3 is 1. The quantitative estimate of drug-likeness (QED) is 0.433. The third-order valence-electron chi connectivity index (χ3n) is 2.65. The minimum Gasteiger partial charge on any atom is -0.466 e. The number of rotatable bonds is 7. The largest absolute Gasteiger partial charge is 0.466 e. The van der Waals surface area contributed by atoms with Crippen LogP contribution in [0.1, 0.15) is 19.2 Å². The predicted octanol–water partition coefficient (Wildman–Crippen LogP) is 0.457. The van der Waals surface area contributed by atoms with Gasteiger partial charge in [-0.05, 0) is 6.42 Å². The van der Waals surface area contributed by atoms with Crippen molar-refractivity contribution in [3.63, 3.8) is 0 Å². The average molecular weight is 252 g/mol. The molecule has 1 rings (SSSR count). The third-order valence-corrected chi connectivity index (χ3v) is 2.65. The molecule has 0 saturated heterocycles. The molecule has 1 aromatic heterocycles. The van der Waals surface area contributed by atoms with E-state index in [0.29, 0.717) is 18.5 Å². The number of hydrogen-bond donors (Lipinski definition) is 1. The Morgan fingerprint density at radius 1 is 1.61 bits per heavy atom. The van der Waals surface area contributed by atoms with Crippen LogP contribution in [0.2, 0.25) is 0 Å². The van der Waals surface area contributed by atoms with Crippen molar-refractivity contribution in [2.45, 2.75) is 19.8 Å². The number of ether oxygens (including phenoxy) is 1. The number of aromatic nitrogens is 3. The van der Waals surface area contributed by atoms with E-state index in [-0.39, 0.29) is 5.97 Å². The van der Waals surface area contributed by atoms with Crippen molar-refractivity contribution in [2.75, 3.05) is 20.2 Å². The fourth-order valence-electron chi connectivity index (χ4n) is 1.53. The zero-order valence-corrected chi connectivity index (χ0v) is 11.1. The molecule has 0 aliphatic heterocycles. The first kappa shape index (κ1) is 14.4. The lowest BCUT2D eigenvalue weighted by atomic mass is 10.2. The summed E-state index contributed by atoms with van der Waals surface area (Å²) in [5, 5.41) is 11.0. The summed E-state index contributed by atoms with van der Waals surface area (Å²) in [5.74, 6) is 0.683. The van der Waals surface area contributed by atoms with Crippen LogP contribution in [0.15, 0.2) is 18.0 Å². The Kier molecular flexibility index (Phi) is 6.07. The molecule has 18 heavy (non-hydrogen) atoms. The molecule has 0 aliphatic rings. The molecule has 0 amide bonds. The van der Waals surface area contributed by atoms with Gasteiger partial charge in [0.05, 0.1) is 7.11 Å². The lowest BCUT2D eigenvalue weighted by molar-refractivity contribution is -0.136. The summed E-state index contributed by atoms with van der Waals surface area (Å²) >= 11 is 0. The van der Waals surface area contributed by atoms with Gasteiger partial charge in [0.1, 0.15) is 12.2 Å². The first-order valence-electron chi connectivity index (χ1n) is 6.00. The van der Waals surface area contributed by atoms with Gasteiger partial charge in [-0.2, -0.15) is 0 Å². The van der Waals surface area contributed by atoms with Crippen LogP contribution in [-0.4, -0.2) is 40.9 Å². The zero-order chi connectivity index (χ0) is 13.4. The SMILES string of the molecule is CCC(=CCNCCc1nncn1C)C(=O)OC. The fourth-order valence-corrected chi connectivity index (χ4v) is 1.53. The van der Waals surface area contributed by atoms with E-state index in [1.165, 1.54) is 7.11 Å². The molecule has 6 heteroatoms. The Hall–Kier alpha value is -1.69. The van der Waals surface area contributed by atoms with Crippen molar-refractivity contribution in [1.82, 2.24) is 20.1 Å². The summed E-state index contributed by atoms with van der Waals surface area (Å²) in [4.78, 5) is 11.3. The Balaban J connectivity index is 2.27. The number of nitrogens with one attached hydrogen (secondary N) is 1. The van der Waals surface area contributed by atoms with E-state index >= 15 is 0 Å². The molecule has 100 valence electrons. The second-order valence-corrected chi connectivity index (χ2v) is 3.89. The lowest BCUT2D eigenvalue weighted by Gasteiger charge is -2.04. The van der Waals surface area contributed by atoms with Crippen LogP contribution in [0.25, 0.3) is 0 Å². The topological polar surface area (TPSA) is 69.0 Å². The molecule has 0 bridgehead atoms. The zero-order valence-electron chi connectivity index (χ0n) is 11.1. The van der Waals surface area contributed by atoms with Crippen LogP contribution >= 0.6 is 0 Å². The van der Waals surface area contributed by atoms with Gasteiger partial charge in [0.15, 0.2) is 0 Å². The summed E-state index contributed by atoms with van der Waals surface area (Å²) in [6, 6.07) is 0. The molecule has 0 aromatic carbocycles. The van der Waals surface area contributed by atoms with Crippen LogP contribution < -0.4 is 5.32 Å². The standard InChI is InChI=1S/C12H20N4O2/c1-4-10(12(17)18-3)5-7-13-8-6-11-15-14-9-16(11)2/h5,9,13H,4,6-8H2,1-3H3. The number of esters is 1. The first-order chi connectivity index (χ1) is 8.69. The van der Waals surface area contributed by atoms with Gasteiger partial charge in [-0.25, -0.2) is 4.79 Å². The van der Waals surface area contributed by atoms with Crippen LogP contribution in [0, 0.1) is 0 Å². The number of aryl methyl sites for hydroxylation is 1. The van der Waals surface area contributed by atoms with E-state index in [4.69, 9.17) is 0 Å². The maximum atomic E-state index is 11.3. The predicted molar refractivity (Wildman–Crippen MR) is 68.0 cm³/mol. The maximum Gasteiger partial charge on any atom is 0.333 e. The van der Waals surface area contributed by atoms with E-state index in [1.807, 2.05) is 24.6 Å². The van der Waals surface area contributed by atoms with Gasteiger partial charge in [-0.1, -0.05) is 13.0 Å². The van der Waals surface area contributed by atoms with Crippen LogP contribution in [0.5, 0.6) is 0 Å². The summed E-state index contributed by atoms with van der Waals surface area (Å²) in [6.07, 6.45) is 5.03. The van der Waals surface area contributed by atoms with Crippen LogP contribution in [-0.2, 0) is 23.0 Å². The van der Waals surface area contributed by atoms with Crippen molar-refractivity contribution in [3.8, 4) is 0 Å². The number of carbonyl (C=O) groups is 1. The van der Waals surface area contributed by atoms with Crippen molar-refractivity contribution in [3.05, 3.63) is 23.8 Å². The van der Waals surface area contributed by atoms with E-state index in [0.717, 1.165) is 18.8 Å². The molecule has 0 unspecified atom stereocenters. The Bertz CT molecular complexity index is 412. The van der Waals surface area contributed by atoms with E-state index in [1.54, 1.807) is 6.33 Å². The van der Waals surface area contributed by atoms with Crippen molar-refractivity contribution < 1.29 is 9.53 Å². The number of hydrogen-bond acceptors (Lipinski definition) is 5. The third kappa shape index (κ3) is 4.29. The molecule has 0 saturated carbocycles. The number of nitrogens with zero attached hydrogens (tertiary/aromatic N) is 3. The van der Waals surface area contributed by atoms with Gasteiger partial charge in [-0.15, -0.1) is 10.2 Å². The van der Waals surface area contributed by atoms with Gasteiger partial charge in [-0.3, -0.25) is 0 Å². The second kappa shape index (κ2) is 7.60. The molecule has 1 N–H and O–H groups in total. The minimum atomic E-state index is -0.257. The van der Waals surface area contributed by atoms with Crippen LogP contribution in [0.3, 0.4) is 0 Å². The highest BCUT2D eigenvalue weighted by atomic mass is 16.5. The molecule has 0 radical (unpaired) electrons. The normalized spacial score (nSPS) is 11.6. The fraction of sp³-hybridized carbons (Fsp3) is 0.583. The first-order valence-corrected chi connectivity index (χ1v) is 6.00. The lowest BCUT2D eigenvalue weighted by Crippen LogP contribution is -2.19. The van der Waals surface area contributed by atoms with Gasteiger partial charge < -0.3 is 14.6 Å². The monoisotopic (exact) mass is 252 g/mol. The highest BCUT2D eigenvalue weighted by molar-refractivity contribution is 5.88. The molecule has 1 aromatic rings. The molecule has 0 atom stereocenters. The molecule has 0 aliphatic carbocycles. The highest BCUT2D eigenvalue weighted by Gasteiger charge is 2.05. The summed E-state index contributed by atoms with van der Waals surface area (Å²) in [7, 11) is 3.31. The minimum absolute atomic E-state index is 0.257. The van der Waals surface area contributed by atoms with Gasteiger partial charge in [0.25, 0.3) is 0 Å². The maximum absolute atomic E-state index is 11.3. The molecule has 0 fully saturated rings. The van der Waals surface area contributed by atoms with E-state index < -0.39 is 0 Å². The summed E-state index contributed by atoms with van der Waals surface area (Å²) in [6.45, 7) is 3.37. The van der Waals surface area contributed by atoms with E-state index in [9.17, 15) is 4.79 Å². The molecule has 6 nitrogen and oxygen atoms in total. The Morgan fingerprint density at radius 3 is 2.94 bits per heavy atom. The molecular weight excluding hydrogens is 232 g/mol. The van der Waals surface area contributed by atoms with Crippen molar-refractivity contribution in [1.29, 1.82) is 0 Å². The summed E-state index contributed by atoms with van der Waals surface area (Å²) < 4.78 is 6.57. The molecule has 0 spiro atoms. The second-order valence-electron chi connectivity index (χ2n) is 3.89.